The minimum atomic E-state index is -0.307. The third-order valence-electron chi connectivity index (χ3n) is 2.66. The predicted octanol–water partition coefficient (Wildman–Crippen LogP) is 3.49. The molecule has 0 saturated carbocycles. The molecule has 0 bridgehead atoms. The van der Waals surface area contributed by atoms with Gasteiger partial charge in [-0.25, -0.2) is 9.97 Å². The van der Waals surface area contributed by atoms with E-state index in [4.69, 9.17) is 5.73 Å². The van der Waals surface area contributed by atoms with Crippen molar-refractivity contribution >= 4 is 15.9 Å². The number of halogens is 1. The Morgan fingerprint density at radius 3 is 2.53 bits per heavy atom. The standard InChI is InChI=1S/C15H18BrN3/c1-10-8-13(11-6-4-5-7-12(11)16)19-14(18-10)9-15(2,3)17/h4-8H,9,17H2,1-3H3. The van der Waals surface area contributed by atoms with Crippen molar-refractivity contribution in [3.8, 4) is 11.3 Å². The summed E-state index contributed by atoms with van der Waals surface area (Å²) < 4.78 is 1.03. The maximum absolute atomic E-state index is 6.05. The molecule has 2 rings (SSSR count). The van der Waals surface area contributed by atoms with E-state index in [2.05, 4.69) is 25.9 Å². The fourth-order valence-corrected chi connectivity index (χ4v) is 2.41. The van der Waals surface area contributed by atoms with E-state index in [1.807, 2.05) is 51.1 Å². The Kier molecular flexibility index (Phi) is 4.02. The summed E-state index contributed by atoms with van der Waals surface area (Å²) in [6, 6.07) is 10.0. The predicted molar refractivity (Wildman–Crippen MR) is 81.9 cm³/mol. The Balaban J connectivity index is 2.45. The highest BCUT2D eigenvalue weighted by molar-refractivity contribution is 9.10. The molecule has 1 aromatic carbocycles. The second-order valence-corrected chi connectivity index (χ2v) is 6.31. The number of rotatable bonds is 3. The molecule has 0 aliphatic heterocycles. The molecule has 0 unspecified atom stereocenters. The SMILES string of the molecule is Cc1cc(-c2ccccc2Br)nc(CC(C)(C)N)n1. The summed E-state index contributed by atoms with van der Waals surface area (Å²) in [6.45, 7) is 5.95. The van der Waals surface area contributed by atoms with Crippen LogP contribution >= 0.6 is 15.9 Å². The van der Waals surface area contributed by atoms with Gasteiger partial charge in [0.05, 0.1) is 5.69 Å². The minimum Gasteiger partial charge on any atom is -0.325 e. The molecular formula is C15H18BrN3. The van der Waals surface area contributed by atoms with Gasteiger partial charge in [0.1, 0.15) is 5.82 Å². The number of hydrogen-bond donors (Lipinski definition) is 1. The molecule has 0 saturated heterocycles. The number of nitrogens with zero attached hydrogens (tertiary/aromatic N) is 2. The molecule has 0 aliphatic rings. The first kappa shape index (κ1) is 14.2. The van der Waals surface area contributed by atoms with Gasteiger partial charge in [0.25, 0.3) is 0 Å². The number of benzene rings is 1. The summed E-state index contributed by atoms with van der Waals surface area (Å²) in [4.78, 5) is 9.10. The molecule has 2 aromatic rings. The molecule has 19 heavy (non-hydrogen) atoms. The fourth-order valence-electron chi connectivity index (χ4n) is 1.92. The summed E-state index contributed by atoms with van der Waals surface area (Å²) in [5.74, 6) is 0.790. The summed E-state index contributed by atoms with van der Waals surface area (Å²) in [6.07, 6.45) is 0.659. The summed E-state index contributed by atoms with van der Waals surface area (Å²) >= 11 is 3.56. The number of aromatic nitrogens is 2. The Bertz CT molecular complexity index is 588. The van der Waals surface area contributed by atoms with E-state index in [1.54, 1.807) is 0 Å². The van der Waals surface area contributed by atoms with Gasteiger partial charge in [0.2, 0.25) is 0 Å². The third kappa shape index (κ3) is 3.85. The first-order valence-electron chi connectivity index (χ1n) is 6.23. The van der Waals surface area contributed by atoms with Crippen molar-refractivity contribution in [2.24, 2.45) is 5.73 Å². The van der Waals surface area contributed by atoms with Crippen LogP contribution in [-0.4, -0.2) is 15.5 Å². The van der Waals surface area contributed by atoms with Crippen LogP contribution in [0.3, 0.4) is 0 Å². The van der Waals surface area contributed by atoms with Gasteiger partial charge in [0.15, 0.2) is 0 Å². The van der Waals surface area contributed by atoms with E-state index in [-0.39, 0.29) is 5.54 Å². The zero-order valence-corrected chi connectivity index (χ0v) is 13.0. The van der Waals surface area contributed by atoms with Crippen molar-refractivity contribution in [2.75, 3.05) is 0 Å². The van der Waals surface area contributed by atoms with Crippen LogP contribution in [0.2, 0.25) is 0 Å². The van der Waals surface area contributed by atoms with Crippen LogP contribution in [0.4, 0.5) is 0 Å². The molecule has 1 heterocycles. The average molecular weight is 320 g/mol. The number of nitrogens with two attached hydrogens (primary N) is 1. The van der Waals surface area contributed by atoms with Gasteiger partial charge in [-0.05, 0) is 32.9 Å². The molecule has 0 radical (unpaired) electrons. The van der Waals surface area contributed by atoms with Crippen LogP contribution in [0.25, 0.3) is 11.3 Å². The van der Waals surface area contributed by atoms with Gasteiger partial charge >= 0.3 is 0 Å². The Morgan fingerprint density at radius 2 is 1.89 bits per heavy atom. The summed E-state index contributed by atoms with van der Waals surface area (Å²) in [5.41, 5.74) is 8.70. The van der Waals surface area contributed by atoms with E-state index in [0.717, 1.165) is 27.2 Å². The van der Waals surface area contributed by atoms with Crippen molar-refractivity contribution in [1.82, 2.24) is 9.97 Å². The lowest BCUT2D eigenvalue weighted by Crippen LogP contribution is -2.35. The van der Waals surface area contributed by atoms with E-state index in [1.165, 1.54) is 0 Å². The van der Waals surface area contributed by atoms with E-state index >= 15 is 0 Å². The lowest BCUT2D eigenvalue weighted by atomic mass is 10.0. The lowest BCUT2D eigenvalue weighted by molar-refractivity contribution is 0.502. The molecular weight excluding hydrogens is 302 g/mol. The van der Waals surface area contributed by atoms with Crippen LogP contribution < -0.4 is 5.73 Å². The van der Waals surface area contributed by atoms with Crippen molar-refractivity contribution in [1.29, 1.82) is 0 Å². The molecule has 2 N–H and O–H groups in total. The van der Waals surface area contributed by atoms with Crippen LogP contribution in [-0.2, 0) is 6.42 Å². The minimum absolute atomic E-state index is 0.307. The number of hydrogen-bond acceptors (Lipinski definition) is 3. The van der Waals surface area contributed by atoms with Crippen LogP contribution in [0.15, 0.2) is 34.8 Å². The Morgan fingerprint density at radius 1 is 1.21 bits per heavy atom. The van der Waals surface area contributed by atoms with Crippen molar-refractivity contribution in [2.45, 2.75) is 32.7 Å². The molecule has 0 aliphatic carbocycles. The van der Waals surface area contributed by atoms with Crippen molar-refractivity contribution < 1.29 is 0 Å². The van der Waals surface area contributed by atoms with Crippen LogP contribution in [0.1, 0.15) is 25.4 Å². The highest BCUT2D eigenvalue weighted by Gasteiger charge is 2.15. The molecule has 3 nitrogen and oxygen atoms in total. The molecule has 100 valence electrons. The zero-order valence-electron chi connectivity index (χ0n) is 11.4. The van der Waals surface area contributed by atoms with Crippen molar-refractivity contribution in [3.63, 3.8) is 0 Å². The number of aryl methyl sites for hydroxylation is 1. The zero-order chi connectivity index (χ0) is 14.0. The highest BCUT2D eigenvalue weighted by atomic mass is 79.9. The summed E-state index contributed by atoms with van der Waals surface area (Å²) in [7, 11) is 0. The molecule has 1 aromatic heterocycles. The second-order valence-electron chi connectivity index (χ2n) is 5.46. The van der Waals surface area contributed by atoms with Crippen LogP contribution in [0, 0.1) is 6.92 Å². The Hall–Kier alpha value is -1.26. The molecule has 4 heteroatoms. The smallest absolute Gasteiger partial charge is 0.131 e. The average Bonchev–Trinajstić information content (AvgIpc) is 2.26. The first-order valence-corrected chi connectivity index (χ1v) is 7.03. The van der Waals surface area contributed by atoms with E-state index in [9.17, 15) is 0 Å². The largest absolute Gasteiger partial charge is 0.325 e. The maximum atomic E-state index is 6.05. The topological polar surface area (TPSA) is 51.8 Å². The normalized spacial score (nSPS) is 11.6. The van der Waals surface area contributed by atoms with E-state index < -0.39 is 0 Å². The van der Waals surface area contributed by atoms with Crippen molar-refractivity contribution in [3.05, 3.63) is 46.3 Å². The maximum Gasteiger partial charge on any atom is 0.131 e. The van der Waals surface area contributed by atoms with E-state index in [0.29, 0.717) is 6.42 Å². The van der Waals surface area contributed by atoms with Gasteiger partial charge in [-0.15, -0.1) is 0 Å². The fraction of sp³-hybridized carbons (Fsp3) is 0.333. The summed E-state index contributed by atoms with van der Waals surface area (Å²) in [5, 5.41) is 0. The lowest BCUT2D eigenvalue weighted by Gasteiger charge is -2.17. The molecule has 0 atom stereocenters. The quantitative estimate of drug-likeness (QED) is 0.942. The molecule has 0 fully saturated rings. The second kappa shape index (κ2) is 5.39. The van der Waals surface area contributed by atoms with Gasteiger partial charge in [-0.3, -0.25) is 0 Å². The van der Waals surface area contributed by atoms with Gasteiger partial charge in [-0.1, -0.05) is 34.1 Å². The third-order valence-corrected chi connectivity index (χ3v) is 3.36. The molecule has 0 amide bonds. The highest BCUT2D eigenvalue weighted by Crippen LogP contribution is 2.27. The Labute approximate surface area is 122 Å². The first-order chi connectivity index (χ1) is 8.85. The molecule has 0 spiro atoms. The van der Waals surface area contributed by atoms with Gasteiger partial charge in [0, 0.05) is 27.7 Å². The van der Waals surface area contributed by atoms with Gasteiger partial charge < -0.3 is 5.73 Å². The van der Waals surface area contributed by atoms with Gasteiger partial charge in [-0.2, -0.15) is 0 Å². The van der Waals surface area contributed by atoms with Crippen LogP contribution in [0.5, 0.6) is 0 Å². The monoisotopic (exact) mass is 319 g/mol.